The third-order valence-corrected chi connectivity index (χ3v) is 6.96. The molecule has 3 aromatic rings. The minimum Gasteiger partial charge on any atom is -0.481 e. The SMILES string of the molecule is COc1ncc(N2C[C@@]3(CCC[C@](C)(Cn4cnc5ccc(C#N)cc54)C3)OC2=O)cc1C. The van der Waals surface area contributed by atoms with Crippen molar-refractivity contribution in [3.63, 3.8) is 0 Å². The molecule has 3 heterocycles. The van der Waals surface area contributed by atoms with E-state index in [2.05, 4.69) is 27.5 Å². The van der Waals surface area contributed by atoms with Gasteiger partial charge in [0.2, 0.25) is 5.88 Å². The number of methoxy groups -OCH3 is 1. The molecule has 8 nitrogen and oxygen atoms in total. The number of amides is 1. The summed E-state index contributed by atoms with van der Waals surface area (Å²) in [7, 11) is 1.58. The Bertz CT molecular complexity index is 1280. The summed E-state index contributed by atoms with van der Waals surface area (Å²) in [6.07, 6.45) is 6.81. The zero-order chi connectivity index (χ0) is 23.2. The summed E-state index contributed by atoms with van der Waals surface area (Å²) in [5, 5.41) is 9.28. The number of pyridine rings is 1. The topological polar surface area (TPSA) is 93.3 Å². The maximum absolute atomic E-state index is 12.9. The molecule has 8 heteroatoms. The normalized spacial score (nSPS) is 24.8. The Labute approximate surface area is 192 Å². The first-order chi connectivity index (χ1) is 15.8. The predicted molar refractivity (Wildman–Crippen MR) is 123 cm³/mol. The molecule has 1 amide bonds. The molecule has 2 fully saturated rings. The fourth-order valence-corrected chi connectivity index (χ4v) is 5.54. The van der Waals surface area contributed by atoms with E-state index in [1.54, 1.807) is 24.3 Å². The first kappa shape index (κ1) is 21.3. The van der Waals surface area contributed by atoms with Crippen molar-refractivity contribution in [2.24, 2.45) is 5.41 Å². The van der Waals surface area contributed by atoms with E-state index in [0.29, 0.717) is 18.0 Å². The van der Waals surface area contributed by atoms with E-state index in [1.807, 2.05) is 31.5 Å². The first-order valence-electron chi connectivity index (χ1n) is 11.2. The molecule has 0 unspecified atom stereocenters. The average Bonchev–Trinajstić information content (AvgIpc) is 3.32. The van der Waals surface area contributed by atoms with Gasteiger partial charge in [0.15, 0.2) is 0 Å². The van der Waals surface area contributed by atoms with Gasteiger partial charge in [-0.2, -0.15) is 5.26 Å². The van der Waals surface area contributed by atoms with E-state index in [0.717, 1.165) is 54.5 Å². The second-order valence-corrected chi connectivity index (χ2v) is 9.69. The standard InChI is InChI=1S/C25H27N5O3/c1-17-9-19(12-27-22(17)32-3)30-15-25(33-23(30)31)8-4-7-24(2,13-25)14-29-16-28-20-6-5-18(11-26)10-21(20)29/h5-6,9-10,12,16H,4,7-8,13-15H2,1-3H3/t24-,25-/m0/s1. The van der Waals surface area contributed by atoms with Gasteiger partial charge < -0.3 is 14.0 Å². The number of fused-ring (bicyclic) bond motifs is 1. The summed E-state index contributed by atoms with van der Waals surface area (Å²) in [5.74, 6) is 0.554. The molecule has 1 aliphatic heterocycles. The molecule has 1 spiro atoms. The lowest BCUT2D eigenvalue weighted by Crippen LogP contribution is -2.45. The zero-order valence-corrected chi connectivity index (χ0v) is 19.2. The number of imidazole rings is 1. The van der Waals surface area contributed by atoms with Gasteiger partial charge in [-0.15, -0.1) is 0 Å². The third-order valence-electron chi connectivity index (χ3n) is 6.96. The highest BCUT2D eigenvalue weighted by molar-refractivity contribution is 5.90. The van der Waals surface area contributed by atoms with E-state index in [1.165, 1.54) is 0 Å². The fourth-order valence-electron chi connectivity index (χ4n) is 5.54. The average molecular weight is 446 g/mol. The molecule has 33 heavy (non-hydrogen) atoms. The summed E-state index contributed by atoms with van der Waals surface area (Å²) in [6.45, 7) is 5.43. The Kier molecular flexibility index (Phi) is 5.00. The number of hydrogen-bond acceptors (Lipinski definition) is 6. The summed E-state index contributed by atoms with van der Waals surface area (Å²) in [4.78, 5) is 23.4. The van der Waals surface area contributed by atoms with Crippen LogP contribution in [0.1, 0.15) is 43.7 Å². The number of benzene rings is 1. The lowest BCUT2D eigenvalue weighted by molar-refractivity contribution is -0.0264. The van der Waals surface area contributed by atoms with Gasteiger partial charge in [-0.3, -0.25) is 4.90 Å². The van der Waals surface area contributed by atoms with Gasteiger partial charge >= 0.3 is 6.09 Å². The molecule has 1 saturated heterocycles. The molecule has 0 N–H and O–H groups in total. The van der Waals surface area contributed by atoms with Gasteiger partial charge in [0, 0.05) is 12.1 Å². The van der Waals surface area contributed by atoms with Gasteiger partial charge in [0.25, 0.3) is 0 Å². The van der Waals surface area contributed by atoms with Gasteiger partial charge in [0.1, 0.15) is 5.60 Å². The van der Waals surface area contributed by atoms with E-state index in [-0.39, 0.29) is 11.5 Å². The molecule has 170 valence electrons. The lowest BCUT2D eigenvalue weighted by Gasteiger charge is -2.43. The van der Waals surface area contributed by atoms with E-state index >= 15 is 0 Å². The number of carbonyl (C=O) groups is 1. The van der Waals surface area contributed by atoms with Crippen molar-refractivity contribution in [2.45, 2.75) is 51.7 Å². The smallest absolute Gasteiger partial charge is 0.415 e. The largest absolute Gasteiger partial charge is 0.481 e. The molecular formula is C25H27N5O3. The van der Waals surface area contributed by atoms with Crippen molar-refractivity contribution in [3.05, 3.63) is 47.9 Å². The molecule has 2 aromatic heterocycles. The van der Waals surface area contributed by atoms with Crippen LogP contribution in [0, 0.1) is 23.7 Å². The van der Waals surface area contributed by atoms with Crippen LogP contribution in [0.2, 0.25) is 0 Å². The highest BCUT2D eigenvalue weighted by Gasteiger charge is 2.51. The Morgan fingerprint density at radius 2 is 2.12 bits per heavy atom. The van der Waals surface area contributed by atoms with Crippen LogP contribution in [0.15, 0.2) is 36.8 Å². The van der Waals surface area contributed by atoms with Crippen LogP contribution in [0.4, 0.5) is 10.5 Å². The minimum absolute atomic E-state index is 0.0705. The Morgan fingerprint density at radius 3 is 2.88 bits per heavy atom. The van der Waals surface area contributed by atoms with Gasteiger partial charge in [0.05, 0.1) is 54.5 Å². The van der Waals surface area contributed by atoms with Crippen LogP contribution >= 0.6 is 0 Å². The molecule has 1 aromatic carbocycles. The van der Waals surface area contributed by atoms with Crippen LogP contribution < -0.4 is 9.64 Å². The number of rotatable bonds is 4. The van der Waals surface area contributed by atoms with Gasteiger partial charge in [-0.05, 0) is 62.3 Å². The van der Waals surface area contributed by atoms with Gasteiger partial charge in [-0.25, -0.2) is 14.8 Å². The fraction of sp³-hybridized carbons (Fsp3) is 0.440. The van der Waals surface area contributed by atoms with E-state index < -0.39 is 5.60 Å². The van der Waals surface area contributed by atoms with Crippen LogP contribution in [-0.2, 0) is 11.3 Å². The Morgan fingerprint density at radius 1 is 1.27 bits per heavy atom. The number of aryl methyl sites for hydroxylation is 1. The van der Waals surface area contributed by atoms with Crippen molar-refractivity contribution in [1.82, 2.24) is 14.5 Å². The summed E-state index contributed by atoms with van der Waals surface area (Å²) in [6, 6.07) is 9.69. The van der Waals surface area contributed by atoms with Crippen molar-refractivity contribution < 1.29 is 14.3 Å². The molecule has 1 aliphatic carbocycles. The van der Waals surface area contributed by atoms with Crippen molar-refractivity contribution in [3.8, 4) is 11.9 Å². The quantitative estimate of drug-likeness (QED) is 0.583. The Hall–Kier alpha value is -3.60. The monoisotopic (exact) mass is 445 g/mol. The lowest BCUT2D eigenvalue weighted by atomic mass is 9.68. The predicted octanol–water partition coefficient (Wildman–Crippen LogP) is 4.60. The number of aromatic nitrogens is 3. The third kappa shape index (κ3) is 3.78. The molecule has 0 bridgehead atoms. The van der Waals surface area contributed by atoms with Crippen molar-refractivity contribution in [1.29, 1.82) is 5.26 Å². The Balaban J connectivity index is 1.39. The van der Waals surface area contributed by atoms with E-state index in [4.69, 9.17) is 9.47 Å². The zero-order valence-electron chi connectivity index (χ0n) is 19.2. The number of nitriles is 1. The number of carbonyl (C=O) groups excluding carboxylic acids is 1. The number of anilines is 1. The first-order valence-corrected chi connectivity index (χ1v) is 11.2. The number of hydrogen-bond donors (Lipinski definition) is 0. The summed E-state index contributed by atoms with van der Waals surface area (Å²) >= 11 is 0. The molecule has 2 aliphatic rings. The molecule has 2 atom stereocenters. The molecular weight excluding hydrogens is 418 g/mol. The number of nitrogens with zero attached hydrogens (tertiary/aromatic N) is 5. The highest BCUT2D eigenvalue weighted by atomic mass is 16.6. The molecule has 1 saturated carbocycles. The summed E-state index contributed by atoms with van der Waals surface area (Å²) in [5.41, 5.74) is 3.47. The van der Waals surface area contributed by atoms with Crippen LogP contribution in [0.25, 0.3) is 11.0 Å². The second kappa shape index (κ2) is 7.77. The van der Waals surface area contributed by atoms with E-state index in [9.17, 15) is 10.1 Å². The van der Waals surface area contributed by atoms with Gasteiger partial charge in [-0.1, -0.05) is 6.92 Å². The van der Waals surface area contributed by atoms with Crippen molar-refractivity contribution >= 4 is 22.8 Å². The van der Waals surface area contributed by atoms with Crippen LogP contribution in [-0.4, -0.2) is 39.9 Å². The highest BCUT2D eigenvalue weighted by Crippen LogP contribution is 2.48. The van der Waals surface area contributed by atoms with Crippen molar-refractivity contribution in [2.75, 3.05) is 18.6 Å². The maximum Gasteiger partial charge on any atom is 0.415 e. The number of ether oxygens (including phenoxy) is 2. The summed E-state index contributed by atoms with van der Waals surface area (Å²) < 4.78 is 13.4. The molecule has 0 radical (unpaired) electrons. The van der Waals surface area contributed by atoms with Crippen LogP contribution in [0.3, 0.4) is 0 Å². The minimum atomic E-state index is -0.522. The molecule has 5 rings (SSSR count). The van der Waals surface area contributed by atoms with Crippen LogP contribution in [0.5, 0.6) is 5.88 Å². The maximum atomic E-state index is 12.9. The second-order valence-electron chi connectivity index (χ2n) is 9.69.